The fourth-order valence-corrected chi connectivity index (χ4v) is 5.44. The lowest BCUT2D eigenvalue weighted by Crippen LogP contribution is -2.44. The first kappa shape index (κ1) is 24.2. The van der Waals surface area contributed by atoms with Crippen LogP contribution in [0.15, 0.2) is 46.1 Å². The van der Waals surface area contributed by atoms with Gasteiger partial charge in [-0.05, 0) is 44.2 Å². The van der Waals surface area contributed by atoms with Gasteiger partial charge >= 0.3 is 0 Å². The van der Waals surface area contributed by atoms with Crippen LogP contribution in [0.25, 0.3) is 0 Å². The lowest BCUT2D eigenvalue weighted by atomic mass is 10.0. The molecule has 2 heterocycles. The number of thiazole rings is 1. The van der Waals surface area contributed by atoms with E-state index in [1.54, 1.807) is 19.2 Å². The number of ether oxygens (including phenoxy) is 1. The first-order valence-corrected chi connectivity index (χ1v) is 13.0. The van der Waals surface area contributed by atoms with Crippen molar-refractivity contribution in [1.82, 2.24) is 10.3 Å². The maximum absolute atomic E-state index is 15.0. The van der Waals surface area contributed by atoms with E-state index in [2.05, 4.69) is 25.2 Å². The molecule has 0 aliphatic carbocycles. The average molecular weight is 510 g/mol. The number of rotatable bonds is 8. The van der Waals surface area contributed by atoms with Gasteiger partial charge in [0.05, 0.1) is 28.9 Å². The van der Waals surface area contributed by atoms with Crippen molar-refractivity contribution in [3.05, 3.63) is 52.9 Å². The van der Waals surface area contributed by atoms with Crippen LogP contribution in [0.1, 0.15) is 12.8 Å². The van der Waals surface area contributed by atoms with E-state index in [0.717, 1.165) is 43.8 Å². The Bertz CT molecular complexity index is 1230. The Morgan fingerprint density at radius 2 is 1.97 bits per heavy atom. The van der Waals surface area contributed by atoms with Crippen LogP contribution in [0.3, 0.4) is 0 Å². The molecule has 1 fully saturated rings. The van der Waals surface area contributed by atoms with Crippen LogP contribution < -0.4 is 25.0 Å². The summed E-state index contributed by atoms with van der Waals surface area (Å²) < 4.78 is 62.6. The highest BCUT2D eigenvalue weighted by Gasteiger charge is 2.24. The van der Waals surface area contributed by atoms with E-state index in [4.69, 9.17) is 4.74 Å². The van der Waals surface area contributed by atoms with Gasteiger partial charge in [0.2, 0.25) is 0 Å². The molecule has 0 saturated carbocycles. The summed E-state index contributed by atoms with van der Waals surface area (Å²) in [5.41, 5.74) is 2.22. The minimum absolute atomic E-state index is 0.0808. The Hall–Kier alpha value is -2.96. The van der Waals surface area contributed by atoms with Gasteiger partial charge in [0.1, 0.15) is 11.4 Å². The molecule has 4 rings (SSSR count). The zero-order chi connectivity index (χ0) is 24.3. The molecule has 2 aromatic carbocycles. The van der Waals surface area contributed by atoms with E-state index in [0.29, 0.717) is 11.4 Å². The summed E-state index contributed by atoms with van der Waals surface area (Å²) in [6.07, 6.45) is 2.00. The van der Waals surface area contributed by atoms with E-state index >= 15 is 0 Å². The summed E-state index contributed by atoms with van der Waals surface area (Å²) in [5.74, 6) is -1.38. The molecule has 1 atom stereocenters. The molecule has 8 nitrogen and oxygen atoms in total. The molecule has 0 amide bonds. The highest BCUT2D eigenvalue weighted by Crippen LogP contribution is 2.36. The molecular weight excluding hydrogens is 484 g/mol. The smallest absolute Gasteiger partial charge is 0.263 e. The molecule has 1 saturated heterocycles. The van der Waals surface area contributed by atoms with Gasteiger partial charge in [0.15, 0.2) is 17.5 Å². The van der Waals surface area contributed by atoms with Crippen molar-refractivity contribution >= 4 is 44.2 Å². The second kappa shape index (κ2) is 10.1. The number of piperidine rings is 1. The Morgan fingerprint density at radius 3 is 2.62 bits per heavy atom. The van der Waals surface area contributed by atoms with Crippen LogP contribution in [-0.4, -0.2) is 46.7 Å². The largest absolute Gasteiger partial charge is 0.497 e. The second-order valence-electron chi connectivity index (χ2n) is 7.82. The maximum Gasteiger partial charge on any atom is 0.263 e. The molecule has 3 N–H and O–H groups in total. The van der Waals surface area contributed by atoms with Crippen molar-refractivity contribution in [2.45, 2.75) is 23.8 Å². The first-order valence-electron chi connectivity index (χ1n) is 10.6. The molecule has 0 bridgehead atoms. The van der Waals surface area contributed by atoms with E-state index in [-0.39, 0.29) is 11.9 Å². The van der Waals surface area contributed by atoms with Crippen molar-refractivity contribution in [3.63, 3.8) is 0 Å². The van der Waals surface area contributed by atoms with E-state index in [1.807, 2.05) is 13.1 Å². The lowest BCUT2D eigenvalue weighted by Gasteiger charge is -2.35. The number of nitrogens with one attached hydrogen (secondary N) is 3. The van der Waals surface area contributed by atoms with Gasteiger partial charge in [0.25, 0.3) is 10.0 Å². The summed E-state index contributed by atoms with van der Waals surface area (Å²) in [4.78, 5) is 5.42. The SMILES string of the molecule is CN[C@@H]1CCCN(c2cc(OC)ccc2Nc2c(F)cc(S(=O)(=O)Nc3cscn3)cc2F)C1. The molecule has 1 aromatic heterocycles. The normalized spacial score (nSPS) is 16.4. The minimum atomic E-state index is -4.21. The fourth-order valence-electron chi connectivity index (χ4n) is 3.86. The topological polar surface area (TPSA) is 95.6 Å². The zero-order valence-corrected chi connectivity index (χ0v) is 20.3. The number of benzene rings is 2. The van der Waals surface area contributed by atoms with E-state index in [1.165, 1.54) is 22.2 Å². The van der Waals surface area contributed by atoms with Gasteiger partial charge in [-0.15, -0.1) is 11.3 Å². The molecule has 12 heteroatoms. The van der Waals surface area contributed by atoms with E-state index in [9.17, 15) is 17.2 Å². The molecule has 182 valence electrons. The Labute approximate surface area is 201 Å². The van der Waals surface area contributed by atoms with Crippen molar-refractivity contribution < 1.29 is 21.9 Å². The minimum Gasteiger partial charge on any atom is -0.497 e. The molecule has 0 unspecified atom stereocenters. The highest BCUT2D eigenvalue weighted by molar-refractivity contribution is 7.92. The van der Waals surface area contributed by atoms with Crippen LogP contribution in [-0.2, 0) is 10.0 Å². The third kappa shape index (κ3) is 5.24. The predicted octanol–water partition coefficient (Wildman–Crippen LogP) is 4.16. The summed E-state index contributed by atoms with van der Waals surface area (Å²) in [6.45, 7) is 1.51. The van der Waals surface area contributed by atoms with Gasteiger partial charge < -0.3 is 20.3 Å². The number of hydrogen-bond acceptors (Lipinski definition) is 8. The van der Waals surface area contributed by atoms with Crippen molar-refractivity contribution in [1.29, 1.82) is 0 Å². The highest BCUT2D eigenvalue weighted by atomic mass is 32.2. The average Bonchev–Trinajstić information content (AvgIpc) is 3.33. The Kier molecular flexibility index (Phi) is 7.19. The number of sulfonamides is 1. The zero-order valence-electron chi connectivity index (χ0n) is 18.6. The number of hydrogen-bond donors (Lipinski definition) is 3. The number of nitrogens with zero attached hydrogens (tertiary/aromatic N) is 2. The third-order valence-corrected chi connectivity index (χ3v) is 7.55. The van der Waals surface area contributed by atoms with Crippen LogP contribution in [0.5, 0.6) is 5.75 Å². The molecule has 0 radical (unpaired) electrons. The number of halogens is 2. The van der Waals surface area contributed by atoms with Crippen LogP contribution in [0, 0.1) is 11.6 Å². The van der Waals surface area contributed by atoms with Crippen LogP contribution >= 0.6 is 11.3 Å². The quantitative estimate of drug-likeness (QED) is 0.420. The molecular formula is C22H25F2N5O3S2. The summed E-state index contributed by atoms with van der Waals surface area (Å²) in [6, 6.07) is 7.04. The van der Waals surface area contributed by atoms with Crippen molar-refractivity contribution in [3.8, 4) is 5.75 Å². The van der Waals surface area contributed by atoms with Gasteiger partial charge in [-0.25, -0.2) is 22.2 Å². The van der Waals surface area contributed by atoms with Crippen LogP contribution in [0.2, 0.25) is 0 Å². The predicted molar refractivity (Wildman–Crippen MR) is 130 cm³/mol. The number of likely N-dealkylation sites (N-methyl/N-ethyl adjacent to an activating group) is 1. The van der Waals surface area contributed by atoms with Crippen molar-refractivity contribution in [2.24, 2.45) is 0 Å². The third-order valence-electron chi connectivity index (χ3n) is 5.63. The fraction of sp³-hybridized carbons (Fsp3) is 0.318. The van der Waals surface area contributed by atoms with Gasteiger partial charge in [-0.2, -0.15) is 0 Å². The van der Waals surface area contributed by atoms with Crippen LogP contribution in [0.4, 0.5) is 31.7 Å². The number of methoxy groups -OCH3 is 1. The second-order valence-corrected chi connectivity index (χ2v) is 10.2. The monoisotopic (exact) mass is 509 g/mol. The molecule has 34 heavy (non-hydrogen) atoms. The number of anilines is 4. The summed E-state index contributed by atoms with van der Waals surface area (Å²) in [7, 11) is -0.749. The van der Waals surface area contributed by atoms with Gasteiger partial charge in [-0.3, -0.25) is 4.72 Å². The number of aromatic nitrogens is 1. The van der Waals surface area contributed by atoms with E-state index < -0.39 is 32.2 Å². The van der Waals surface area contributed by atoms with Crippen molar-refractivity contribution in [2.75, 3.05) is 42.2 Å². The van der Waals surface area contributed by atoms with Gasteiger partial charge in [-0.1, -0.05) is 0 Å². The Morgan fingerprint density at radius 1 is 1.21 bits per heavy atom. The lowest BCUT2D eigenvalue weighted by molar-refractivity contribution is 0.413. The summed E-state index contributed by atoms with van der Waals surface area (Å²) in [5, 5.41) is 7.57. The molecule has 1 aliphatic heterocycles. The maximum atomic E-state index is 15.0. The first-order chi connectivity index (χ1) is 16.3. The molecule has 1 aliphatic rings. The standard InChI is InChI=1S/C22H25F2N5O3S2/c1-25-14-4-3-7-29(11-14)20-8-15(32-2)5-6-19(20)27-22-17(23)9-16(10-18(22)24)34(30,31)28-21-12-33-13-26-21/h5-6,8-10,12-14,25,27-28H,3-4,7,11H2,1-2H3/t14-/m1/s1. The molecule has 3 aromatic rings. The molecule has 0 spiro atoms. The Balaban J connectivity index is 1.65. The summed E-state index contributed by atoms with van der Waals surface area (Å²) >= 11 is 1.19. The van der Waals surface area contributed by atoms with Gasteiger partial charge in [0, 0.05) is 30.6 Å².